The average molecular weight is 301 g/mol. The number of aliphatic hydroxyl groups excluding tert-OH is 1. The number of aliphatic hydroxyl groups is 1. The molecule has 0 atom stereocenters. The Morgan fingerprint density at radius 2 is 1.64 bits per heavy atom. The average Bonchev–Trinajstić information content (AvgIpc) is 2.92. The predicted molar refractivity (Wildman–Crippen MR) is 86.1 cm³/mol. The van der Waals surface area contributed by atoms with E-state index in [4.69, 9.17) is 0 Å². The maximum absolute atomic E-state index is 13.1. The fraction of sp³-hybridized carbons (Fsp3) is 0.474. The van der Waals surface area contributed by atoms with Crippen LogP contribution in [0.1, 0.15) is 49.1 Å². The van der Waals surface area contributed by atoms with Gasteiger partial charge in [-0.1, -0.05) is 44.2 Å². The molecule has 0 saturated heterocycles. The zero-order valence-electron chi connectivity index (χ0n) is 13.0. The van der Waals surface area contributed by atoms with Gasteiger partial charge in [0.1, 0.15) is 5.82 Å². The van der Waals surface area contributed by atoms with Crippen LogP contribution in [0.5, 0.6) is 0 Å². The lowest BCUT2D eigenvalue weighted by Gasteiger charge is -2.23. The first-order valence-electron chi connectivity index (χ1n) is 8.29. The molecule has 1 N–H and O–H groups in total. The van der Waals surface area contributed by atoms with Crippen LogP contribution >= 0.6 is 0 Å². The third-order valence-corrected chi connectivity index (χ3v) is 4.80. The molecule has 1 aliphatic rings. The predicted octanol–water partition coefficient (Wildman–Crippen LogP) is 4.29. The summed E-state index contributed by atoms with van der Waals surface area (Å²) < 4.78 is 15.2. The van der Waals surface area contributed by atoms with Crippen molar-refractivity contribution in [2.24, 2.45) is 5.92 Å². The highest BCUT2D eigenvalue weighted by Crippen LogP contribution is 2.28. The maximum Gasteiger partial charge on any atom is 0.123 e. The van der Waals surface area contributed by atoms with E-state index in [9.17, 15) is 9.50 Å². The lowest BCUT2D eigenvalue weighted by molar-refractivity contribution is 0.270. The van der Waals surface area contributed by atoms with E-state index in [1.807, 2.05) is 18.2 Å². The molecular weight excluding hydrogens is 277 g/mol. The lowest BCUT2D eigenvalue weighted by atomic mass is 9.86. The number of nitrogens with zero attached hydrogens (tertiary/aromatic N) is 1. The summed E-state index contributed by atoms with van der Waals surface area (Å²) in [7, 11) is 0. The quantitative estimate of drug-likeness (QED) is 0.875. The summed E-state index contributed by atoms with van der Waals surface area (Å²) in [5, 5.41) is 9.58. The number of rotatable bonds is 5. The van der Waals surface area contributed by atoms with Crippen molar-refractivity contribution in [1.29, 1.82) is 0 Å². The van der Waals surface area contributed by atoms with Gasteiger partial charge in [-0.2, -0.15) is 0 Å². The minimum atomic E-state index is -0.207. The third-order valence-electron chi connectivity index (χ3n) is 4.80. The summed E-state index contributed by atoms with van der Waals surface area (Å²) in [6.45, 7) is 0.747. The van der Waals surface area contributed by atoms with Crippen LogP contribution in [0.4, 0.5) is 4.39 Å². The Balaban J connectivity index is 1.78. The molecule has 3 heteroatoms. The van der Waals surface area contributed by atoms with Crippen molar-refractivity contribution in [2.75, 3.05) is 0 Å². The Bertz CT molecular complexity index is 596. The van der Waals surface area contributed by atoms with Gasteiger partial charge >= 0.3 is 0 Å². The van der Waals surface area contributed by atoms with Crippen LogP contribution in [0.25, 0.3) is 0 Å². The zero-order valence-corrected chi connectivity index (χ0v) is 13.0. The van der Waals surface area contributed by atoms with Crippen molar-refractivity contribution >= 4 is 0 Å². The van der Waals surface area contributed by atoms with Crippen LogP contribution in [0.2, 0.25) is 0 Å². The number of aromatic nitrogens is 1. The van der Waals surface area contributed by atoms with E-state index in [1.54, 1.807) is 0 Å². The summed E-state index contributed by atoms with van der Waals surface area (Å²) >= 11 is 0. The van der Waals surface area contributed by atoms with Gasteiger partial charge in [0.2, 0.25) is 0 Å². The Morgan fingerprint density at radius 3 is 2.32 bits per heavy atom. The molecule has 118 valence electrons. The van der Waals surface area contributed by atoms with Gasteiger partial charge in [-0.15, -0.1) is 0 Å². The van der Waals surface area contributed by atoms with E-state index >= 15 is 0 Å². The van der Waals surface area contributed by atoms with Gasteiger partial charge in [-0.3, -0.25) is 0 Å². The van der Waals surface area contributed by atoms with E-state index in [0.717, 1.165) is 23.6 Å². The van der Waals surface area contributed by atoms with Crippen LogP contribution in [-0.4, -0.2) is 9.67 Å². The first-order chi connectivity index (χ1) is 10.8. The Hall–Kier alpha value is -1.61. The standard InChI is InChI=1S/C19H24FNO/c20-17-8-6-16(7-9-17)13-21-18(10-11-19(21)14-22)12-15-4-2-1-3-5-15/h6-11,15,22H,1-5,12-14H2. The van der Waals surface area contributed by atoms with Crippen LogP contribution < -0.4 is 0 Å². The molecule has 1 fully saturated rings. The first kappa shape index (κ1) is 15.3. The lowest BCUT2D eigenvalue weighted by Crippen LogP contribution is -2.14. The fourth-order valence-electron chi connectivity index (χ4n) is 3.54. The Morgan fingerprint density at radius 1 is 0.955 bits per heavy atom. The van der Waals surface area contributed by atoms with Crippen molar-refractivity contribution in [3.8, 4) is 0 Å². The first-order valence-corrected chi connectivity index (χ1v) is 8.29. The summed E-state index contributed by atoms with van der Waals surface area (Å²) in [5.41, 5.74) is 3.30. The van der Waals surface area contributed by atoms with E-state index in [2.05, 4.69) is 10.6 Å². The number of benzene rings is 1. The van der Waals surface area contributed by atoms with Gasteiger partial charge < -0.3 is 9.67 Å². The molecule has 0 amide bonds. The van der Waals surface area contributed by atoms with Crippen molar-refractivity contribution in [1.82, 2.24) is 4.57 Å². The number of hydrogen-bond donors (Lipinski definition) is 1. The van der Waals surface area contributed by atoms with Crippen molar-refractivity contribution in [2.45, 2.75) is 51.7 Å². The van der Waals surface area contributed by atoms with Crippen molar-refractivity contribution < 1.29 is 9.50 Å². The Labute approximate surface area is 131 Å². The summed E-state index contributed by atoms with van der Waals surface area (Å²) in [6.07, 6.45) is 7.77. The van der Waals surface area contributed by atoms with Gasteiger partial charge in [0.05, 0.1) is 6.61 Å². The van der Waals surface area contributed by atoms with Gasteiger partial charge in [-0.05, 0) is 42.2 Å². The third kappa shape index (κ3) is 3.58. The second-order valence-electron chi connectivity index (χ2n) is 6.39. The largest absolute Gasteiger partial charge is 0.390 e. The van der Waals surface area contributed by atoms with Gasteiger partial charge in [0, 0.05) is 17.9 Å². The van der Waals surface area contributed by atoms with Crippen LogP contribution in [-0.2, 0) is 19.6 Å². The molecule has 0 spiro atoms. The highest BCUT2D eigenvalue weighted by atomic mass is 19.1. The maximum atomic E-state index is 13.1. The molecule has 1 aromatic heterocycles. The van der Waals surface area contributed by atoms with Crippen LogP contribution in [0.15, 0.2) is 36.4 Å². The molecule has 0 bridgehead atoms. The molecule has 1 heterocycles. The van der Waals surface area contributed by atoms with Crippen molar-refractivity contribution in [3.63, 3.8) is 0 Å². The summed E-state index contributed by atoms with van der Waals surface area (Å²) in [5.74, 6) is 0.559. The molecule has 1 aliphatic carbocycles. The van der Waals surface area contributed by atoms with E-state index in [0.29, 0.717) is 6.54 Å². The highest BCUT2D eigenvalue weighted by molar-refractivity contribution is 5.22. The molecule has 2 aromatic rings. The molecule has 0 radical (unpaired) electrons. The van der Waals surface area contributed by atoms with Gasteiger partial charge in [0.25, 0.3) is 0 Å². The van der Waals surface area contributed by atoms with Crippen LogP contribution in [0.3, 0.4) is 0 Å². The highest BCUT2D eigenvalue weighted by Gasteiger charge is 2.17. The molecule has 22 heavy (non-hydrogen) atoms. The smallest absolute Gasteiger partial charge is 0.123 e. The second kappa shape index (κ2) is 7.10. The van der Waals surface area contributed by atoms with Gasteiger partial charge in [-0.25, -0.2) is 4.39 Å². The monoisotopic (exact) mass is 301 g/mol. The minimum Gasteiger partial charge on any atom is -0.390 e. The molecule has 0 aliphatic heterocycles. The topological polar surface area (TPSA) is 25.2 Å². The number of hydrogen-bond acceptors (Lipinski definition) is 1. The van der Waals surface area contributed by atoms with E-state index in [-0.39, 0.29) is 12.4 Å². The molecule has 3 rings (SSSR count). The molecule has 0 unspecified atom stereocenters. The molecular formula is C19H24FNO. The summed E-state index contributed by atoms with van der Waals surface area (Å²) in [6, 6.07) is 10.8. The van der Waals surface area contributed by atoms with Crippen LogP contribution in [0, 0.1) is 11.7 Å². The molecule has 1 aromatic carbocycles. The second-order valence-corrected chi connectivity index (χ2v) is 6.39. The van der Waals surface area contributed by atoms with Crippen molar-refractivity contribution in [3.05, 3.63) is 59.2 Å². The fourth-order valence-corrected chi connectivity index (χ4v) is 3.54. The van der Waals surface area contributed by atoms with E-state index < -0.39 is 0 Å². The van der Waals surface area contributed by atoms with Gasteiger partial charge in [0.15, 0.2) is 0 Å². The SMILES string of the molecule is OCc1ccc(CC2CCCCC2)n1Cc1ccc(F)cc1. The Kier molecular flexibility index (Phi) is 4.94. The zero-order chi connectivity index (χ0) is 15.4. The number of halogens is 1. The van der Waals surface area contributed by atoms with E-state index in [1.165, 1.54) is 49.9 Å². The minimum absolute atomic E-state index is 0.0475. The molecule has 2 nitrogen and oxygen atoms in total. The molecule has 1 saturated carbocycles. The summed E-state index contributed by atoms with van der Waals surface area (Å²) in [4.78, 5) is 0. The normalized spacial score (nSPS) is 16.1.